The first-order valence-electron chi connectivity index (χ1n) is 10.2. The smallest absolute Gasteiger partial charge is 0.246 e. The molecule has 3 aromatic rings. The van der Waals surface area contributed by atoms with Gasteiger partial charge in [0.05, 0.1) is 6.04 Å². The van der Waals surface area contributed by atoms with E-state index >= 15 is 0 Å². The number of thiophene rings is 1. The number of nitrogens with zero attached hydrogens (tertiary/aromatic N) is 1. The largest absolute Gasteiger partial charge is 0.344 e. The van der Waals surface area contributed by atoms with Gasteiger partial charge < -0.3 is 5.32 Å². The van der Waals surface area contributed by atoms with Gasteiger partial charge in [0, 0.05) is 23.9 Å². The molecule has 0 bridgehead atoms. The third-order valence-corrected chi connectivity index (χ3v) is 8.43. The number of carbonyl (C=O) groups is 1. The van der Waals surface area contributed by atoms with Crippen LogP contribution in [0.1, 0.15) is 29.3 Å². The molecule has 1 fully saturated rings. The van der Waals surface area contributed by atoms with Crippen molar-refractivity contribution in [2.45, 2.75) is 23.8 Å². The third-order valence-electron chi connectivity index (χ3n) is 5.58. The van der Waals surface area contributed by atoms with E-state index in [1.54, 1.807) is 11.3 Å². The number of rotatable bonds is 6. The second-order valence-corrected chi connectivity index (χ2v) is 10.5. The van der Waals surface area contributed by atoms with Crippen molar-refractivity contribution in [3.63, 3.8) is 0 Å². The molecule has 0 unspecified atom stereocenters. The highest BCUT2D eigenvalue weighted by Crippen LogP contribution is 2.29. The van der Waals surface area contributed by atoms with Crippen LogP contribution in [0, 0.1) is 17.6 Å². The van der Waals surface area contributed by atoms with Crippen molar-refractivity contribution in [1.29, 1.82) is 0 Å². The van der Waals surface area contributed by atoms with E-state index in [0.717, 1.165) is 26.9 Å². The minimum absolute atomic E-state index is 0.0609. The Morgan fingerprint density at radius 2 is 1.75 bits per heavy atom. The molecule has 168 valence electrons. The van der Waals surface area contributed by atoms with Gasteiger partial charge in [0.15, 0.2) is 0 Å². The van der Waals surface area contributed by atoms with E-state index in [1.165, 1.54) is 0 Å². The quantitative estimate of drug-likeness (QED) is 0.576. The molecule has 2 aromatic carbocycles. The summed E-state index contributed by atoms with van der Waals surface area (Å²) < 4.78 is 54.2. The van der Waals surface area contributed by atoms with E-state index in [9.17, 15) is 22.0 Å². The fraction of sp³-hybridized carbons (Fsp3) is 0.261. The highest BCUT2D eigenvalue weighted by Gasteiger charge is 2.34. The molecule has 1 aliphatic heterocycles. The SMILES string of the molecule is O=C(N[C@H](c1ccccc1)c1cccs1)C1CCN(S(=O)(=O)c2cc(F)ccc2F)CC1. The molecule has 1 saturated heterocycles. The number of nitrogens with one attached hydrogen (secondary N) is 1. The lowest BCUT2D eigenvalue weighted by molar-refractivity contribution is -0.126. The van der Waals surface area contributed by atoms with Crippen LogP contribution < -0.4 is 5.32 Å². The van der Waals surface area contributed by atoms with Gasteiger partial charge in [-0.1, -0.05) is 36.4 Å². The third kappa shape index (κ3) is 4.74. The zero-order chi connectivity index (χ0) is 22.7. The van der Waals surface area contributed by atoms with Crippen molar-refractivity contribution >= 4 is 27.3 Å². The molecule has 1 amide bonds. The Kier molecular flexibility index (Phi) is 6.68. The van der Waals surface area contributed by atoms with Gasteiger partial charge in [-0.15, -0.1) is 11.3 Å². The molecule has 5 nitrogen and oxygen atoms in total. The Morgan fingerprint density at radius 3 is 2.41 bits per heavy atom. The maximum absolute atomic E-state index is 14.0. The van der Waals surface area contributed by atoms with Crippen LogP contribution in [-0.2, 0) is 14.8 Å². The van der Waals surface area contributed by atoms with E-state index in [0.29, 0.717) is 18.9 Å². The molecule has 1 N–H and O–H groups in total. The van der Waals surface area contributed by atoms with Crippen molar-refractivity contribution in [1.82, 2.24) is 9.62 Å². The van der Waals surface area contributed by atoms with Crippen LogP contribution in [-0.4, -0.2) is 31.7 Å². The molecular formula is C23H22F2N2O3S2. The van der Waals surface area contributed by atoms with Crippen LogP contribution in [0.4, 0.5) is 8.78 Å². The summed E-state index contributed by atoms with van der Waals surface area (Å²) in [6.45, 7) is 0.122. The second kappa shape index (κ2) is 9.48. The highest BCUT2D eigenvalue weighted by atomic mass is 32.2. The van der Waals surface area contributed by atoms with E-state index in [1.807, 2.05) is 47.8 Å². The fourth-order valence-corrected chi connectivity index (χ4v) is 6.20. The Balaban J connectivity index is 1.45. The maximum Gasteiger partial charge on any atom is 0.246 e. The summed E-state index contributed by atoms with van der Waals surface area (Å²) in [5.41, 5.74) is 0.963. The Hall–Kier alpha value is -2.62. The molecule has 0 radical (unpaired) electrons. The average molecular weight is 477 g/mol. The number of hydrogen-bond acceptors (Lipinski definition) is 4. The molecule has 32 heavy (non-hydrogen) atoms. The van der Waals surface area contributed by atoms with Crippen LogP contribution in [0.25, 0.3) is 0 Å². The van der Waals surface area contributed by atoms with Crippen LogP contribution in [0.2, 0.25) is 0 Å². The molecule has 1 aliphatic rings. The molecule has 0 saturated carbocycles. The summed E-state index contributed by atoms with van der Waals surface area (Å²) in [5.74, 6) is -2.33. The number of piperidine rings is 1. The summed E-state index contributed by atoms with van der Waals surface area (Å²) >= 11 is 1.55. The van der Waals surface area contributed by atoms with Gasteiger partial charge in [0.2, 0.25) is 15.9 Å². The number of amides is 1. The monoisotopic (exact) mass is 476 g/mol. The predicted octanol–water partition coefficient (Wildman–Crippen LogP) is 4.33. The number of benzene rings is 2. The molecule has 0 aliphatic carbocycles. The van der Waals surface area contributed by atoms with Crippen molar-refractivity contribution < 1.29 is 22.0 Å². The lowest BCUT2D eigenvalue weighted by Crippen LogP contribution is -2.43. The molecule has 2 heterocycles. The lowest BCUT2D eigenvalue weighted by Gasteiger charge is -2.31. The first-order valence-corrected chi connectivity index (χ1v) is 12.5. The summed E-state index contributed by atoms with van der Waals surface area (Å²) in [7, 11) is -4.18. The zero-order valence-corrected chi connectivity index (χ0v) is 18.7. The Morgan fingerprint density at radius 1 is 1.03 bits per heavy atom. The summed E-state index contributed by atoms with van der Waals surface area (Å²) in [6, 6.07) is 15.6. The minimum Gasteiger partial charge on any atom is -0.344 e. The van der Waals surface area contributed by atoms with Gasteiger partial charge in [-0.2, -0.15) is 4.31 Å². The van der Waals surface area contributed by atoms with Crippen molar-refractivity contribution in [2.24, 2.45) is 5.92 Å². The maximum atomic E-state index is 14.0. The summed E-state index contributed by atoms with van der Waals surface area (Å²) in [4.78, 5) is 13.3. The van der Waals surface area contributed by atoms with Gasteiger partial charge in [0.1, 0.15) is 16.5 Å². The van der Waals surface area contributed by atoms with Crippen LogP contribution in [0.3, 0.4) is 0 Å². The molecule has 9 heteroatoms. The summed E-state index contributed by atoms with van der Waals surface area (Å²) in [6.07, 6.45) is 0.599. The van der Waals surface area contributed by atoms with Gasteiger partial charge in [-0.25, -0.2) is 17.2 Å². The van der Waals surface area contributed by atoms with Crippen LogP contribution >= 0.6 is 11.3 Å². The molecular weight excluding hydrogens is 454 g/mol. The predicted molar refractivity (Wildman–Crippen MR) is 119 cm³/mol. The Labute approximate surface area is 189 Å². The van der Waals surface area contributed by atoms with Gasteiger partial charge >= 0.3 is 0 Å². The lowest BCUT2D eigenvalue weighted by atomic mass is 9.96. The standard InChI is InChI=1S/C23H22F2N2O3S2/c24-18-8-9-19(25)21(15-18)32(29,30)27-12-10-17(11-13-27)23(28)26-22(20-7-4-14-31-20)16-5-2-1-3-6-16/h1-9,14-15,17,22H,10-13H2,(H,26,28)/t22-/m1/s1. The zero-order valence-electron chi connectivity index (χ0n) is 17.1. The highest BCUT2D eigenvalue weighted by molar-refractivity contribution is 7.89. The number of carbonyl (C=O) groups excluding carboxylic acids is 1. The van der Waals surface area contributed by atoms with Gasteiger partial charge in [-0.3, -0.25) is 4.79 Å². The van der Waals surface area contributed by atoms with Gasteiger partial charge in [0.25, 0.3) is 0 Å². The van der Waals surface area contributed by atoms with Crippen molar-refractivity contribution in [3.8, 4) is 0 Å². The first-order chi connectivity index (χ1) is 15.4. The fourth-order valence-electron chi connectivity index (χ4n) is 3.85. The molecule has 1 atom stereocenters. The normalized spacial score (nSPS) is 16.6. The van der Waals surface area contributed by atoms with E-state index < -0.39 is 26.6 Å². The van der Waals surface area contributed by atoms with E-state index in [2.05, 4.69) is 5.32 Å². The topological polar surface area (TPSA) is 66.5 Å². The number of hydrogen-bond donors (Lipinski definition) is 1. The second-order valence-electron chi connectivity index (χ2n) is 7.62. The molecule has 0 spiro atoms. The molecule has 4 rings (SSSR count). The first kappa shape index (κ1) is 22.6. The van der Waals surface area contributed by atoms with Crippen LogP contribution in [0.5, 0.6) is 0 Å². The number of sulfonamides is 1. The Bertz CT molecular complexity index is 1180. The van der Waals surface area contributed by atoms with Crippen molar-refractivity contribution in [2.75, 3.05) is 13.1 Å². The summed E-state index contributed by atoms with van der Waals surface area (Å²) in [5, 5.41) is 5.05. The van der Waals surface area contributed by atoms with Crippen molar-refractivity contribution in [3.05, 3.63) is 88.1 Å². The van der Waals surface area contributed by atoms with E-state index in [4.69, 9.17) is 0 Å². The minimum atomic E-state index is -4.18. The number of halogens is 2. The van der Waals surface area contributed by atoms with E-state index in [-0.39, 0.29) is 31.0 Å². The average Bonchev–Trinajstić information content (AvgIpc) is 3.34. The van der Waals surface area contributed by atoms with Crippen LogP contribution in [0.15, 0.2) is 70.9 Å². The molecule has 1 aromatic heterocycles. The van der Waals surface area contributed by atoms with Gasteiger partial charge in [-0.05, 0) is 48.1 Å².